The molecule has 34 heavy (non-hydrogen) atoms. The van der Waals surface area contributed by atoms with Crippen molar-refractivity contribution < 1.29 is 9.21 Å². The van der Waals surface area contributed by atoms with Gasteiger partial charge in [-0.25, -0.2) is 4.98 Å². The molecule has 1 fully saturated rings. The number of fused-ring (bicyclic) bond motifs is 1. The van der Waals surface area contributed by atoms with E-state index in [1.165, 1.54) is 0 Å². The molecule has 4 aromatic heterocycles. The van der Waals surface area contributed by atoms with Gasteiger partial charge < -0.3 is 13.7 Å². The number of amides is 1. The van der Waals surface area contributed by atoms with E-state index in [9.17, 15) is 4.79 Å². The summed E-state index contributed by atoms with van der Waals surface area (Å²) < 4.78 is 7.86. The average molecular weight is 480 g/mol. The molecule has 1 saturated heterocycles. The lowest BCUT2D eigenvalue weighted by atomic mass is 10.2. The van der Waals surface area contributed by atoms with Crippen molar-refractivity contribution in [2.45, 2.75) is 26.4 Å². The highest BCUT2D eigenvalue weighted by Crippen LogP contribution is 2.23. The number of piperazine rings is 1. The summed E-state index contributed by atoms with van der Waals surface area (Å²) in [5.74, 6) is 1.09. The zero-order valence-electron chi connectivity index (χ0n) is 19.3. The summed E-state index contributed by atoms with van der Waals surface area (Å²) in [6, 6.07) is 9.94. The molecule has 1 aliphatic heterocycles. The van der Waals surface area contributed by atoms with Crippen LogP contribution in [0.1, 0.15) is 24.9 Å². The average Bonchev–Trinajstić information content (AvgIpc) is 3.60. The molecule has 0 N–H and O–H groups in total. The third-order valence-corrected chi connectivity index (χ3v) is 6.85. The topological polar surface area (TPSA) is 83.0 Å². The number of aromatic nitrogens is 4. The SMILES string of the molecule is CCCN(Cc1nnc(-c2cccs2)o1)C(=O)CN1CCN(Cc2cn3ccccc3n2)CC1. The van der Waals surface area contributed by atoms with Crippen LogP contribution in [0.3, 0.4) is 0 Å². The predicted molar refractivity (Wildman–Crippen MR) is 130 cm³/mol. The Labute approximate surface area is 202 Å². The lowest BCUT2D eigenvalue weighted by Gasteiger charge is -2.35. The fraction of sp³-hybridized carbons (Fsp3) is 0.417. The van der Waals surface area contributed by atoms with Crippen LogP contribution in [-0.2, 0) is 17.9 Å². The molecule has 0 bridgehead atoms. The summed E-state index contributed by atoms with van der Waals surface area (Å²) in [6.45, 7) is 7.89. The van der Waals surface area contributed by atoms with Gasteiger partial charge in [0.05, 0.1) is 23.7 Å². The highest BCUT2D eigenvalue weighted by Gasteiger charge is 2.23. The third kappa shape index (κ3) is 5.35. The minimum atomic E-state index is 0.103. The van der Waals surface area contributed by atoms with Gasteiger partial charge in [0.15, 0.2) is 0 Å². The van der Waals surface area contributed by atoms with Gasteiger partial charge in [0.1, 0.15) is 5.65 Å². The number of hydrogen-bond acceptors (Lipinski definition) is 8. The van der Waals surface area contributed by atoms with Gasteiger partial charge in [-0.1, -0.05) is 19.1 Å². The van der Waals surface area contributed by atoms with Crippen molar-refractivity contribution >= 4 is 22.9 Å². The molecule has 0 aliphatic carbocycles. The molecule has 0 saturated carbocycles. The van der Waals surface area contributed by atoms with Gasteiger partial charge in [0, 0.05) is 51.7 Å². The molecule has 5 rings (SSSR count). The lowest BCUT2D eigenvalue weighted by Crippen LogP contribution is -2.49. The Morgan fingerprint density at radius 2 is 1.97 bits per heavy atom. The van der Waals surface area contributed by atoms with Crippen LogP contribution < -0.4 is 0 Å². The van der Waals surface area contributed by atoms with Gasteiger partial charge in [0.2, 0.25) is 11.8 Å². The molecule has 10 heteroatoms. The van der Waals surface area contributed by atoms with Crippen molar-refractivity contribution in [3.05, 3.63) is 59.7 Å². The van der Waals surface area contributed by atoms with Gasteiger partial charge in [-0.3, -0.25) is 14.6 Å². The zero-order valence-corrected chi connectivity index (χ0v) is 20.2. The summed E-state index contributed by atoms with van der Waals surface area (Å²) in [4.78, 5) is 25.2. The monoisotopic (exact) mass is 479 g/mol. The smallest absolute Gasteiger partial charge is 0.257 e. The molecular weight excluding hydrogens is 450 g/mol. The Morgan fingerprint density at radius 1 is 1.12 bits per heavy atom. The largest absolute Gasteiger partial charge is 0.418 e. The Kier molecular flexibility index (Phi) is 6.98. The molecule has 5 heterocycles. The van der Waals surface area contributed by atoms with Gasteiger partial charge in [-0.15, -0.1) is 21.5 Å². The van der Waals surface area contributed by atoms with Crippen LogP contribution in [0.15, 0.2) is 52.5 Å². The summed E-state index contributed by atoms with van der Waals surface area (Å²) in [7, 11) is 0. The predicted octanol–water partition coefficient (Wildman–Crippen LogP) is 3.00. The van der Waals surface area contributed by atoms with Crippen molar-refractivity contribution in [2.24, 2.45) is 0 Å². The first-order valence-corrected chi connectivity index (χ1v) is 12.6. The van der Waals surface area contributed by atoms with Crippen molar-refractivity contribution in [2.75, 3.05) is 39.3 Å². The summed E-state index contributed by atoms with van der Waals surface area (Å²) >= 11 is 1.56. The Morgan fingerprint density at radius 3 is 2.74 bits per heavy atom. The van der Waals surface area contributed by atoms with Crippen LogP contribution in [-0.4, -0.2) is 79.5 Å². The highest BCUT2D eigenvalue weighted by molar-refractivity contribution is 7.13. The second kappa shape index (κ2) is 10.5. The molecule has 0 atom stereocenters. The van der Waals surface area contributed by atoms with E-state index >= 15 is 0 Å². The molecule has 0 radical (unpaired) electrons. The van der Waals surface area contributed by atoms with Crippen LogP contribution in [0.2, 0.25) is 0 Å². The first kappa shape index (κ1) is 22.7. The van der Waals surface area contributed by atoms with E-state index in [0.717, 1.165) is 55.4 Å². The van der Waals surface area contributed by atoms with E-state index in [2.05, 4.69) is 37.5 Å². The molecular formula is C24H29N7O2S. The lowest BCUT2D eigenvalue weighted by molar-refractivity contribution is -0.133. The Balaban J connectivity index is 1.12. The Hall–Kier alpha value is -3.08. The minimum absolute atomic E-state index is 0.103. The van der Waals surface area contributed by atoms with Crippen LogP contribution in [0.5, 0.6) is 0 Å². The molecule has 0 spiro atoms. The van der Waals surface area contributed by atoms with Gasteiger partial charge >= 0.3 is 0 Å². The summed E-state index contributed by atoms with van der Waals surface area (Å²) in [5, 5.41) is 10.3. The quantitative estimate of drug-likeness (QED) is 0.365. The minimum Gasteiger partial charge on any atom is -0.418 e. The number of pyridine rings is 1. The van der Waals surface area contributed by atoms with Crippen LogP contribution in [0.25, 0.3) is 16.4 Å². The maximum Gasteiger partial charge on any atom is 0.257 e. The molecule has 178 valence electrons. The van der Waals surface area contributed by atoms with Crippen molar-refractivity contribution in [3.63, 3.8) is 0 Å². The number of carbonyl (C=O) groups excluding carboxylic acids is 1. The summed E-state index contributed by atoms with van der Waals surface area (Å²) in [5.41, 5.74) is 2.05. The number of nitrogens with zero attached hydrogens (tertiary/aromatic N) is 7. The molecule has 1 amide bonds. The van der Waals surface area contributed by atoms with Crippen LogP contribution >= 0.6 is 11.3 Å². The van der Waals surface area contributed by atoms with E-state index in [0.29, 0.717) is 31.4 Å². The summed E-state index contributed by atoms with van der Waals surface area (Å²) in [6.07, 6.45) is 4.99. The normalized spacial score (nSPS) is 15.2. The maximum atomic E-state index is 13.1. The van der Waals surface area contributed by atoms with Gasteiger partial charge in [0.25, 0.3) is 5.89 Å². The van der Waals surface area contributed by atoms with E-state index in [1.54, 1.807) is 11.3 Å². The van der Waals surface area contributed by atoms with Crippen molar-refractivity contribution in [1.82, 2.24) is 34.3 Å². The zero-order chi connectivity index (χ0) is 23.3. The number of rotatable bonds is 9. The maximum absolute atomic E-state index is 13.1. The number of thiophene rings is 1. The fourth-order valence-electron chi connectivity index (χ4n) is 4.23. The van der Waals surface area contributed by atoms with Crippen molar-refractivity contribution in [3.8, 4) is 10.8 Å². The second-order valence-corrected chi connectivity index (χ2v) is 9.49. The second-order valence-electron chi connectivity index (χ2n) is 8.54. The van der Waals surface area contributed by atoms with Gasteiger partial charge in [-0.2, -0.15) is 0 Å². The van der Waals surface area contributed by atoms with E-state index < -0.39 is 0 Å². The van der Waals surface area contributed by atoms with E-state index in [-0.39, 0.29) is 5.91 Å². The number of imidazole rings is 1. The van der Waals surface area contributed by atoms with Crippen LogP contribution in [0.4, 0.5) is 0 Å². The molecule has 1 aliphatic rings. The third-order valence-electron chi connectivity index (χ3n) is 5.99. The standard InChI is InChI=1S/C24H29N7O2S/c1-2-8-31(17-22-26-27-24(33-22)20-6-5-14-34-20)23(32)18-29-12-10-28(11-13-29)15-19-16-30-9-4-3-7-21(30)25-19/h3-7,9,14,16H,2,8,10-13,15,17-18H2,1H3. The highest BCUT2D eigenvalue weighted by atomic mass is 32.1. The van der Waals surface area contributed by atoms with E-state index in [1.807, 2.05) is 46.8 Å². The fourth-order valence-corrected chi connectivity index (χ4v) is 4.88. The van der Waals surface area contributed by atoms with Gasteiger partial charge in [-0.05, 0) is 30.0 Å². The van der Waals surface area contributed by atoms with Crippen molar-refractivity contribution in [1.29, 1.82) is 0 Å². The molecule has 4 aromatic rings. The number of carbonyl (C=O) groups is 1. The Bertz CT molecular complexity index is 1180. The van der Waals surface area contributed by atoms with E-state index in [4.69, 9.17) is 9.40 Å². The molecule has 0 unspecified atom stereocenters. The number of hydrogen-bond donors (Lipinski definition) is 0. The first-order valence-electron chi connectivity index (χ1n) is 11.7. The molecule has 0 aromatic carbocycles. The molecule has 9 nitrogen and oxygen atoms in total. The first-order chi connectivity index (χ1) is 16.7. The van der Waals surface area contributed by atoms with Crippen LogP contribution in [0, 0.1) is 0 Å².